The number of alkyl halides is 3. The number of hydrogen-bond acceptors (Lipinski definition) is 3. The van der Waals surface area contributed by atoms with E-state index in [9.17, 15) is 21.6 Å². The second kappa shape index (κ2) is 6.56. The lowest BCUT2D eigenvalue weighted by Gasteiger charge is -2.15. The molecule has 0 amide bonds. The van der Waals surface area contributed by atoms with Gasteiger partial charge in [0, 0.05) is 9.64 Å². The number of hydrogen-bond donors (Lipinski definition) is 1. The molecule has 0 saturated heterocycles. The summed E-state index contributed by atoms with van der Waals surface area (Å²) in [5, 5.41) is 0. The van der Waals surface area contributed by atoms with Gasteiger partial charge in [-0.2, -0.15) is 0 Å². The first-order valence-corrected chi connectivity index (χ1v) is 8.78. The van der Waals surface area contributed by atoms with Crippen LogP contribution in [-0.2, 0) is 10.0 Å². The molecule has 0 heterocycles. The Hall–Kier alpha value is -1.49. The average molecular weight is 457 g/mol. The Morgan fingerprint density at radius 2 is 1.74 bits per heavy atom. The highest BCUT2D eigenvalue weighted by Gasteiger charge is 2.31. The second-order valence-electron chi connectivity index (χ2n) is 4.57. The maximum Gasteiger partial charge on any atom is 0.573 e. The van der Waals surface area contributed by atoms with E-state index in [0.717, 1.165) is 6.07 Å². The Labute approximate surface area is 144 Å². The highest BCUT2D eigenvalue weighted by molar-refractivity contribution is 14.1. The predicted molar refractivity (Wildman–Crippen MR) is 87.8 cm³/mol. The summed E-state index contributed by atoms with van der Waals surface area (Å²) in [5.41, 5.74) is 0.479. The lowest BCUT2D eigenvalue weighted by Crippen LogP contribution is -2.18. The number of nitrogens with one attached hydrogen (secondary N) is 1. The zero-order chi connectivity index (χ0) is 17.3. The first-order chi connectivity index (χ1) is 10.6. The quantitative estimate of drug-likeness (QED) is 0.697. The van der Waals surface area contributed by atoms with Gasteiger partial charge in [0.25, 0.3) is 10.0 Å². The summed E-state index contributed by atoms with van der Waals surface area (Å²) in [4.78, 5) is 0.00981. The van der Waals surface area contributed by atoms with E-state index in [-0.39, 0.29) is 10.6 Å². The van der Waals surface area contributed by atoms with Gasteiger partial charge in [-0.25, -0.2) is 8.42 Å². The van der Waals surface area contributed by atoms with Crippen LogP contribution in [-0.4, -0.2) is 14.8 Å². The summed E-state index contributed by atoms with van der Waals surface area (Å²) >= 11 is 1.85. The van der Waals surface area contributed by atoms with Gasteiger partial charge in [-0.15, -0.1) is 13.2 Å². The number of aryl methyl sites for hydroxylation is 1. The molecule has 1 N–H and O–H groups in total. The van der Waals surface area contributed by atoms with Crippen LogP contribution in [0.15, 0.2) is 47.4 Å². The smallest absolute Gasteiger partial charge is 0.406 e. The third kappa shape index (κ3) is 4.74. The fourth-order valence-corrected chi connectivity index (χ4v) is 3.52. The highest BCUT2D eigenvalue weighted by atomic mass is 127. The first-order valence-electron chi connectivity index (χ1n) is 6.22. The standard InChI is InChI=1S/C14H11F3INO3S/c1-9-7-10(22-14(15,16)17)8-12(13(9)18)19-23(20,21)11-5-3-2-4-6-11/h2-8,19H,1H3. The number of rotatable bonds is 4. The molecular weight excluding hydrogens is 446 g/mol. The molecule has 23 heavy (non-hydrogen) atoms. The van der Waals surface area contributed by atoms with Gasteiger partial charge in [0.2, 0.25) is 0 Å². The van der Waals surface area contributed by atoms with Gasteiger partial charge < -0.3 is 4.74 Å². The lowest BCUT2D eigenvalue weighted by molar-refractivity contribution is -0.274. The van der Waals surface area contributed by atoms with Crippen LogP contribution in [0.2, 0.25) is 0 Å². The van der Waals surface area contributed by atoms with Crippen molar-refractivity contribution in [2.75, 3.05) is 4.72 Å². The molecule has 0 bridgehead atoms. The summed E-state index contributed by atoms with van der Waals surface area (Å²) in [6, 6.07) is 9.72. The minimum absolute atomic E-state index is 0.00981. The van der Waals surface area contributed by atoms with Crippen LogP contribution in [0.1, 0.15) is 5.56 Å². The minimum atomic E-state index is -4.85. The van der Waals surface area contributed by atoms with Crippen molar-refractivity contribution < 1.29 is 26.3 Å². The van der Waals surface area contributed by atoms with Crippen LogP contribution < -0.4 is 9.46 Å². The highest BCUT2D eigenvalue weighted by Crippen LogP contribution is 2.32. The first kappa shape index (κ1) is 17.9. The zero-order valence-corrected chi connectivity index (χ0v) is 14.7. The summed E-state index contributed by atoms with van der Waals surface area (Å²) in [5.74, 6) is -0.485. The van der Waals surface area contributed by atoms with E-state index in [2.05, 4.69) is 9.46 Å². The molecule has 4 nitrogen and oxygen atoms in total. The Kier molecular flexibility index (Phi) is 5.09. The van der Waals surface area contributed by atoms with E-state index >= 15 is 0 Å². The van der Waals surface area contributed by atoms with Crippen LogP contribution in [0, 0.1) is 10.5 Å². The van der Waals surface area contributed by atoms with Crippen LogP contribution in [0.5, 0.6) is 5.75 Å². The van der Waals surface area contributed by atoms with E-state index < -0.39 is 22.1 Å². The third-order valence-corrected chi connectivity index (χ3v) is 5.57. The van der Waals surface area contributed by atoms with Gasteiger partial charge >= 0.3 is 6.36 Å². The normalized spacial score (nSPS) is 12.0. The third-order valence-electron chi connectivity index (χ3n) is 2.76. The molecule has 0 unspecified atom stereocenters. The predicted octanol–water partition coefficient (Wildman–Crippen LogP) is 4.30. The van der Waals surface area contributed by atoms with Gasteiger partial charge in [-0.3, -0.25) is 4.72 Å². The fourth-order valence-electron chi connectivity index (χ4n) is 1.81. The van der Waals surface area contributed by atoms with Crippen molar-refractivity contribution in [2.24, 2.45) is 0 Å². The van der Waals surface area contributed by atoms with Crippen molar-refractivity contribution >= 4 is 38.3 Å². The molecule has 124 valence electrons. The largest absolute Gasteiger partial charge is 0.573 e. The Balaban J connectivity index is 2.40. The van der Waals surface area contributed by atoms with Crippen molar-refractivity contribution in [1.82, 2.24) is 0 Å². The molecule has 0 radical (unpaired) electrons. The van der Waals surface area contributed by atoms with Crippen LogP contribution in [0.25, 0.3) is 0 Å². The number of halogens is 4. The molecule has 0 atom stereocenters. The monoisotopic (exact) mass is 457 g/mol. The molecule has 0 spiro atoms. The Morgan fingerprint density at radius 3 is 2.30 bits per heavy atom. The van der Waals surface area contributed by atoms with E-state index in [1.165, 1.54) is 18.2 Å². The molecule has 2 aromatic rings. The van der Waals surface area contributed by atoms with Gasteiger partial charge in [0.15, 0.2) is 0 Å². The van der Waals surface area contributed by atoms with Crippen LogP contribution >= 0.6 is 22.6 Å². The van der Waals surface area contributed by atoms with Gasteiger partial charge in [0.1, 0.15) is 5.75 Å². The summed E-state index contributed by atoms with van der Waals surface area (Å²) in [7, 11) is -3.90. The Morgan fingerprint density at radius 1 is 1.13 bits per heavy atom. The molecule has 2 aromatic carbocycles. The summed E-state index contributed by atoms with van der Waals surface area (Å²) in [6.07, 6.45) is -4.85. The molecule has 0 fully saturated rings. The summed E-state index contributed by atoms with van der Waals surface area (Å²) in [6.45, 7) is 1.56. The number of sulfonamides is 1. The average Bonchev–Trinajstić information content (AvgIpc) is 2.43. The SMILES string of the molecule is Cc1cc(OC(F)(F)F)cc(NS(=O)(=O)c2ccccc2)c1I. The fraction of sp³-hybridized carbons (Fsp3) is 0.143. The van der Waals surface area contributed by atoms with Gasteiger partial charge in [-0.05, 0) is 53.3 Å². The van der Waals surface area contributed by atoms with E-state index in [4.69, 9.17) is 0 Å². The molecule has 9 heteroatoms. The maximum atomic E-state index is 12.3. The van der Waals surface area contributed by atoms with Crippen molar-refractivity contribution in [3.63, 3.8) is 0 Å². The molecular formula is C14H11F3INO3S. The van der Waals surface area contributed by atoms with E-state index in [1.807, 2.05) is 22.6 Å². The van der Waals surface area contributed by atoms with Crippen LogP contribution in [0.3, 0.4) is 0 Å². The van der Waals surface area contributed by atoms with E-state index in [1.54, 1.807) is 25.1 Å². The van der Waals surface area contributed by atoms with E-state index in [0.29, 0.717) is 9.13 Å². The lowest BCUT2D eigenvalue weighted by atomic mass is 10.2. The summed E-state index contributed by atoms with van der Waals surface area (Å²) < 4.78 is 68.2. The number of benzene rings is 2. The topological polar surface area (TPSA) is 55.4 Å². The molecule has 0 aliphatic carbocycles. The van der Waals surface area contributed by atoms with Crippen molar-refractivity contribution in [3.05, 3.63) is 51.6 Å². The zero-order valence-electron chi connectivity index (χ0n) is 11.7. The van der Waals surface area contributed by atoms with Gasteiger partial charge in [0.05, 0.1) is 10.6 Å². The van der Waals surface area contributed by atoms with Crippen molar-refractivity contribution in [2.45, 2.75) is 18.2 Å². The molecule has 2 rings (SSSR count). The molecule has 0 aliphatic heterocycles. The number of ether oxygens (including phenoxy) is 1. The van der Waals surface area contributed by atoms with Crippen molar-refractivity contribution in [1.29, 1.82) is 0 Å². The number of anilines is 1. The molecule has 0 aliphatic rings. The maximum absolute atomic E-state index is 12.3. The van der Waals surface area contributed by atoms with Crippen molar-refractivity contribution in [3.8, 4) is 5.75 Å². The van der Waals surface area contributed by atoms with Crippen LogP contribution in [0.4, 0.5) is 18.9 Å². The molecule has 0 saturated carbocycles. The Bertz CT molecular complexity index is 808. The second-order valence-corrected chi connectivity index (χ2v) is 7.33. The molecule has 0 aromatic heterocycles. The minimum Gasteiger partial charge on any atom is -0.406 e. The van der Waals surface area contributed by atoms with Gasteiger partial charge in [-0.1, -0.05) is 18.2 Å².